The lowest BCUT2D eigenvalue weighted by Gasteiger charge is -2.16. The molecule has 21 heavy (non-hydrogen) atoms. The van der Waals surface area contributed by atoms with Crippen molar-refractivity contribution in [2.24, 2.45) is 5.84 Å². The number of fused-ring (bicyclic) bond motifs is 1. The standard InChI is InChI=1S/C13H11F3N4S/c14-7-3-9(15)12(10(16)4-7)11(19-17)5-8-6-20-1-2-21-13(20)18-8/h1-4,6,11,19H,5,17H2. The Morgan fingerprint density at radius 2 is 2.00 bits per heavy atom. The Hall–Kier alpha value is -1.90. The lowest BCUT2D eigenvalue weighted by Crippen LogP contribution is -2.31. The molecule has 2 heterocycles. The highest BCUT2D eigenvalue weighted by Gasteiger charge is 2.22. The first kappa shape index (κ1) is 14.1. The van der Waals surface area contributed by atoms with Crippen LogP contribution in [0.5, 0.6) is 0 Å². The highest BCUT2D eigenvalue weighted by atomic mass is 32.1. The number of halogens is 3. The maximum atomic E-state index is 13.8. The van der Waals surface area contributed by atoms with E-state index in [0.717, 1.165) is 4.96 Å². The van der Waals surface area contributed by atoms with Gasteiger partial charge >= 0.3 is 0 Å². The average Bonchev–Trinajstić information content (AvgIpc) is 2.96. The number of rotatable bonds is 4. The summed E-state index contributed by atoms with van der Waals surface area (Å²) in [6.07, 6.45) is 3.78. The smallest absolute Gasteiger partial charge is 0.193 e. The van der Waals surface area contributed by atoms with Gasteiger partial charge in [-0.1, -0.05) is 0 Å². The van der Waals surface area contributed by atoms with E-state index in [2.05, 4.69) is 10.4 Å². The van der Waals surface area contributed by atoms with E-state index in [1.54, 1.807) is 6.20 Å². The summed E-state index contributed by atoms with van der Waals surface area (Å²) >= 11 is 1.45. The lowest BCUT2D eigenvalue weighted by atomic mass is 10.0. The van der Waals surface area contributed by atoms with Crippen LogP contribution >= 0.6 is 11.3 Å². The summed E-state index contributed by atoms with van der Waals surface area (Å²) < 4.78 is 42.4. The van der Waals surface area contributed by atoms with Crippen molar-refractivity contribution in [2.45, 2.75) is 12.5 Å². The number of nitrogens with one attached hydrogen (secondary N) is 1. The molecule has 0 fully saturated rings. The van der Waals surface area contributed by atoms with Gasteiger partial charge in [0.25, 0.3) is 0 Å². The van der Waals surface area contributed by atoms with Crippen LogP contribution in [-0.2, 0) is 6.42 Å². The molecule has 110 valence electrons. The zero-order valence-electron chi connectivity index (χ0n) is 10.7. The first-order valence-electron chi connectivity index (χ1n) is 6.10. The van der Waals surface area contributed by atoms with Crippen LogP contribution < -0.4 is 11.3 Å². The van der Waals surface area contributed by atoms with E-state index in [9.17, 15) is 13.2 Å². The van der Waals surface area contributed by atoms with E-state index >= 15 is 0 Å². The van der Waals surface area contributed by atoms with Crippen LogP contribution in [-0.4, -0.2) is 9.38 Å². The van der Waals surface area contributed by atoms with E-state index < -0.39 is 23.5 Å². The van der Waals surface area contributed by atoms with Crippen molar-refractivity contribution in [3.8, 4) is 0 Å². The largest absolute Gasteiger partial charge is 0.297 e. The molecule has 1 atom stereocenters. The first-order valence-corrected chi connectivity index (χ1v) is 6.98. The molecule has 0 radical (unpaired) electrons. The normalized spacial score (nSPS) is 13.0. The number of hydrazine groups is 1. The van der Waals surface area contributed by atoms with Crippen LogP contribution in [0.3, 0.4) is 0 Å². The minimum Gasteiger partial charge on any atom is -0.297 e. The summed E-state index contributed by atoms with van der Waals surface area (Å²) in [4.78, 5) is 5.11. The Labute approximate surface area is 122 Å². The summed E-state index contributed by atoms with van der Waals surface area (Å²) in [7, 11) is 0. The van der Waals surface area contributed by atoms with Crippen LogP contribution in [0.25, 0.3) is 4.96 Å². The fourth-order valence-corrected chi connectivity index (χ4v) is 2.93. The minimum absolute atomic E-state index is 0.185. The van der Waals surface area contributed by atoms with Gasteiger partial charge in [-0.2, -0.15) is 0 Å². The van der Waals surface area contributed by atoms with Gasteiger partial charge in [0.1, 0.15) is 17.5 Å². The molecule has 0 aliphatic rings. The molecule has 1 aromatic carbocycles. The summed E-state index contributed by atoms with van der Waals surface area (Å²) in [6.45, 7) is 0. The Balaban J connectivity index is 1.93. The van der Waals surface area contributed by atoms with Gasteiger partial charge in [-0.05, 0) is 0 Å². The average molecular weight is 312 g/mol. The second kappa shape index (κ2) is 5.47. The zero-order valence-corrected chi connectivity index (χ0v) is 11.5. The third-order valence-electron chi connectivity index (χ3n) is 3.15. The maximum Gasteiger partial charge on any atom is 0.193 e. The molecular formula is C13H11F3N4S. The molecule has 0 amide bonds. The van der Waals surface area contributed by atoms with Gasteiger partial charge in [-0.3, -0.25) is 15.7 Å². The van der Waals surface area contributed by atoms with Crippen molar-refractivity contribution in [3.05, 3.63) is 58.6 Å². The minimum atomic E-state index is -0.975. The molecule has 0 bridgehead atoms. The van der Waals surface area contributed by atoms with Crippen LogP contribution in [0.1, 0.15) is 17.3 Å². The molecule has 3 rings (SSSR count). The topological polar surface area (TPSA) is 55.3 Å². The van der Waals surface area contributed by atoms with Crippen molar-refractivity contribution >= 4 is 16.3 Å². The van der Waals surface area contributed by atoms with E-state index in [1.807, 2.05) is 16.0 Å². The molecule has 0 spiro atoms. The van der Waals surface area contributed by atoms with Gasteiger partial charge in [-0.25, -0.2) is 18.2 Å². The Morgan fingerprint density at radius 1 is 1.29 bits per heavy atom. The number of thiazole rings is 1. The van der Waals surface area contributed by atoms with Gasteiger partial charge < -0.3 is 0 Å². The third kappa shape index (κ3) is 2.65. The van der Waals surface area contributed by atoms with Crippen molar-refractivity contribution in [1.29, 1.82) is 0 Å². The van der Waals surface area contributed by atoms with Crippen LogP contribution in [0.15, 0.2) is 29.9 Å². The van der Waals surface area contributed by atoms with Gasteiger partial charge in [0.2, 0.25) is 0 Å². The summed E-state index contributed by atoms with van der Waals surface area (Å²) in [6, 6.07) is 0.429. The van der Waals surface area contributed by atoms with Crippen molar-refractivity contribution < 1.29 is 13.2 Å². The molecule has 4 nitrogen and oxygen atoms in total. The number of benzene rings is 1. The number of hydrogen-bond donors (Lipinski definition) is 2. The molecule has 8 heteroatoms. The SMILES string of the molecule is NNC(Cc1cn2ccsc2n1)c1c(F)cc(F)cc1F. The molecule has 3 N–H and O–H groups in total. The van der Waals surface area contributed by atoms with Gasteiger partial charge in [0, 0.05) is 41.9 Å². The number of hydrogen-bond acceptors (Lipinski definition) is 4. The van der Waals surface area contributed by atoms with E-state index in [0.29, 0.717) is 17.8 Å². The quantitative estimate of drug-likeness (QED) is 0.575. The van der Waals surface area contributed by atoms with Crippen molar-refractivity contribution in [2.75, 3.05) is 0 Å². The summed E-state index contributed by atoms with van der Waals surface area (Å²) in [5.74, 6) is 2.47. The molecule has 1 unspecified atom stereocenters. The van der Waals surface area contributed by atoms with Crippen molar-refractivity contribution in [1.82, 2.24) is 14.8 Å². The number of imidazole rings is 1. The zero-order chi connectivity index (χ0) is 15.0. The van der Waals surface area contributed by atoms with Gasteiger partial charge in [0.15, 0.2) is 4.96 Å². The fraction of sp³-hybridized carbons (Fsp3) is 0.154. The summed E-state index contributed by atoms with van der Waals surface area (Å²) in [5.41, 5.74) is 2.69. The number of nitrogens with zero attached hydrogens (tertiary/aromatic N) is 2. The second-order valence-electron chi connectivity index (χ2n) is 4.53. The predicted molar refractivity (Wildman–Crippen MR) is 73.2 cm³/mol. The van der Waals surface area contributed by atoms with E-state index in [1.165, 1.54) is 11.3 Å². The second-order valence-corrected chi connectivity index (χ2v) is 5.40. The maximum absolute atomic E-state index is 13.8. The number of nitrogens with two attached hydrogens (primary N) is 1. The van der Waals surface area contributed by atoms with Crippen LogP contribution in [0.4, 0.5) is 13.2 Å². The Bertz CT molecular complexity index is 731. The fourth-order valence-electron chi connectivity index (χ4n) is 2.21. The highest BCUT2D eigenvalue weighted by Crippen LogP contribution is 2.25. The highest BCUT2D eigenvalue weighted by molar-refractivity contribution is 7.15. The van der Waals surface area contributed by atoms with Crippen LogP contribution in [0.2, 0.25) is 0 Å². The van der Waals surface area contributed by atoms with Gasteiger partial charge in [-0.15, -0.1) is 11.3 Å². The Morgan fingerprint density at radius 3 is 2.62 bits per heavy atom. The molecule has 0 saturated carbocycles. The van der Waals surface area contributed by atoms with Crippen LogP contribution in [0, 0.1) is 17.5 Å². The van der Waals surface area contributed by atoms with E-state index in [-0.39, 0.29) is 12.0 Å². The van der Waals surface area contributed by atoms with E-state index in [4.69, 9.17) is 5.84 Å². The summed E-state index contributed by atoms with van der Waals surface area (Å²) in [5, 5.41) is 1.88. The predicted octanol–water partition coefficient (Wildman–Crippen LogP) is 2.56. The van der Waals surface area contributed by atoms with Gasteiger partial charge in [0.05, 0.1) is 11.7 Å². The lowest BCUT2D eigenvalue weighted by molar-refractivity contribution is 0.460. The molecule has 3 aromatic rings. The molecule has 0 saturated heterocycles. The molecule has 0 aliphatic heterocycles. The molecule has 2 aromatic heterocycles. The Kier molecular flexibility index (Phi) is 3.66. The number of aromatic nitrogens is 2. The molecular weight excluding hydrogens is 301 g/mol. The molecule has 0 aliphatic carbocycles. The first-order chi connectivity index (χ1) is 10.1. The third-order valence-corrected chi connectivity index (χ3v) is 3.92. The van der Waals surface area contributed by atoms with Crippen molar-refractivity contribution in [3.63, 3.8) is 0 Å². The monoisotopic (exact) mass is 312 g/mol.